The van der Waals surface area contributed by atoms with E-state index in [2.05, 4.69) is 44.0 Å². The average molecular weight is 541 g/mol. The molecule has 4 aromatic rings. The van der Waals surface area contributed by atoms with Crippen LogP contribution >= 0.6 is 15.9 Å². The molecule has 36 heavy (non-hydrogen) atoms. The number of fused-ring (bicyclic) bond motifs is 3. The van der Waals surface area contributed by atoms with Crippen molar-refractivity contribution >= 4 is 39.2 Å². The maximum atomic E-state index is 14.1. The minimum absolute atomic E-state index is 0.000666. The van der Waals surface area contributed by atoms with E-state index in [1.165, 1.54) is 0 Å². The number of aromatic nitrogens is 1. The van der Waals surface area contributed by atoms with Gasteiger partial charge in [-0.3, -0.25) is 9.69 Å². The molecule has 1 fully saturated rings. The summed E-state index contributed by atoms with van der Waals surface area (Å²) in [6, 6.07) is 29.1. The van der Waals surface area contributed by atoms with E-state index in [-0.39, 0.29) is 30.6 Å². The summed E-state index contributed by atoms with van der Waals surface area (Å²) in [6.07, 6.45) is 3.84. The maximum Gasteiger partial charge on any atom is 0.322 e. The molecule has 0 bridgehead atoms. The normalized spacial score (nSPS) is 16.1. The number of carbonyl (C=O) groups is 2. The van der Waals surface area contributed by atoms with Crippen LogP contribution in [0.2, 0.25) is 0 Å². The maximum absolute atomic E-state index is 14.1. The molecule has 3 aromatic carbocycles. The SMILES string of the molecule is O=C(Nc1ccccc1Br)N(CC(=O)N1c2ccccc2-n2cccc2C1c1ccccc1)C1CC1. The van der Waals surface area contributed by atoms with Crippen molar-refractivity contribution in [1.29, 1.82) is 0 Å². The van der Waals surface area contributed by atoms with E-state index in [0.29, 0.717) is 5.69 Å². The van der Waals surface area contributed by atoms with Gasteiger partial charge in [0.1, 0.15) is 12.6 Å². The van der Waals surface area contributed by atoms with Crippen molar-refractivity contribution in [3.63, 3.8) is 0 Å². The third-order valence-corrected chi connectivity index (χ3v) is 7.46. The smallest absolute Gasteiger partial charge is 0.316 e. The Morgan fingerprint density at radius 2 is 1.56 bits per heavy atom. The Labute approximate surface area is 218 Å². The topological polar surface area (TPSA) is 57.6 Å². The Balaban J connectivity index is 1.36. The molecule has 1 saturated carbocycles. The van der Waals surface area contributed by atoms with Gasteiger partial charge in [0.15, 0.2) is 0 Å². The number of para-hydroxylation sites is 3. The molecule has 2 aliphatic rings. The van der Waals surface area contributed by atoms with E-state index in [4.69, 9.17) is 0 Å². The second kappa shape index (κ2) is 9.32. The molecule has 2 heterocycles. The lowest BCUT2D eigenvalue weighted by molar-refractivity contribution is -0.119. The molecule has 7 heteroatoms. The zero-order valence-corrected chi connectivity index (χ0v) is 21.1. The van der Waals surface area contributed by atoms with Crippen LogP contribution in [-0.2, 0) is 4.79 Å². The van der Waals surface area contributed by atoms with Crippen molar-refractivity contribution in [2.45, 2.75) is 24.9 Å². The van der Waals surface area contributed by atoms with Gasteiger partial charge in [-0.2, -0.15) is 0 Å². The van der Waals surface area contributed by atoms with Crippen LogP contribution in [0.15, 0.2) is 102 Å². The van der Waals surface area contributed by atoms with Crippen molar-refractivity contribution in [3.05, 3.63) is 113 Å². The highest BCUT2D eigenvalue weighted by molar-refractivity contribution is 9.10. The molecule has 1 aliphatic heterocycles. The van der Waals surface area contributed by atoms with Gasteiger partial charge in [0.2, 0.25) is 5.91 Å². The summed E-state index contributed by atoms with van der Waals surface area (Å²) in [5.74, 6) is -0.113. The molecule has 1 aromatic heterocycles. The number of nitrogens with zero attached hydrogens (tertiary/aromatic N) is 3. The Morgan fingerprint density at radius 3 is 2.31 bits per heavy atom. The summed E-state index contributed by atoms with van der Waals surface area (Å²) in [5, 5.41) is 2.98. The van der Waals surface area contributed by atoms with Gasteiger partial charge < -0.3 is 14.8 Å². The first-order chi connectivity index (χ1) is 17.6. The minimum atomic E-state index is -0.295. The zero-order valence-electron chi connectivity index (χ0n) is 19.5. The number of nitrogens with one attached hydrogen (secondary N) is 1. The van der Waals surface area contributed by atoms with Gasteiger partial charge in [0.25, 0.3) is 0 Å². The van der Waals surface area contributed by atoms with Crippen molar-refractivity contribution in [1.82, 2.24) is 9.47 Å². The van der Waals surface area contributed by atoms with Crippen LogP contribution in [-0.4, -0.2) is 34.0 Å². The van der Waals surface area contributed by atoms with Crippen LogP contribution in [0.1, 0.15) is 30.1 Å². The van der Waals surface area contributed by atoms with E-state index >= 15 is 0 Å². The first-order valence-corrected chi connectivity index (χ1v) is 12.9. The largest absolute Gasteiger partial charge is 0.322 e. The Bertz CT molecular complexity index is 1430. The molecule has 3 amide bonds. The molecule has 6 nitrogen and oxygen atoms in total. The number of halogens is 1. The molecule has 0 spiro atoms. The quantitative estimate of drug-likeness (QED) is 0.319. The number of amides is 3. The van der Waals surface area contributed by atoms with E-state index in [1.54, 1.807) is 4.90 Å². The van der Waals surface area contributed by atoms with E-state index in [0.717, 1.165) is 39.9 Å². The number of hydrogen-bond donors (Lipinski definition) is 1. The lowest BCUT2D eigenvalue weighted by Crippen LogP contribution is -2.48. The highest BCUT2D eigenvalue weighted by atomic mass is 79.9. The Kier molecular flexibility index (Phi) is 5.85. The van der Waals surface area contributed by atoms with Gasteiger partial charge in [-0.25, -0.2) is 4.79 Å². The monoisotopic (exact) mass is 540 g/mol. The van der Waals surface area contributed by atoms with E-state index < -0.39 is 0 Å². The first kappa shape index (κ1) is 22.6. The number of benzene rings is 3. The number of hydrogen-bond acceptors (Lipinski definition) is 2. The van der Waals surface area contributed by atoms with Gasteiger partial charge in [0.05, 0.1) is 22.8 Å². The Hall–Kier alpha value is -3.84. The zero-order chi connectivity index (χ0) is 24.6. The lowest BCUT2D eigenvalue weighted by Gasteiger charge is -2.39. The molecule has 1 unspecified atom stereocenters. The van der Waals surface area contributed by atoms with Gasteiger partial charge in [0, 0.05) is 16.7 Å². The fourth-order valence-electron chi connectivity index (χ4n) is 4.94. The first-order valence-electron chi connectivity index (χ1n) is 12.1. The summed E-state index contributed by atoms with van der Waals surface area (Å²) >= 11 is 3.49. The number of anilines is 2. The van der Waals surface area contributed by atoms with Crippen LogP contribution in [0.25, 0.3) is 5.69 Å². The summed E-state index contributed by atoms with van der Waals surface area (Å²) in [4.78, 5) is 31.0. The summed E-state index contributed by atoms with van der Waals surface area (Å²) in [7, 11) is 0. The van der Waals surface area contributed by atoms with Crippen LogP contribution in [0, 0.1) is 0 Å². The van der Waals surface area contributed by atoms with Crippen LogP contribution in [0.5, 0.6) is 0 Å². The van der Waals surface area contributed by atoms with Crippen LogP contribution < -0.4 is 10.2 Å². The fraction of sp³-hybridized carbons (Fsp3) is 0.172. The molecular weight excluding hydrogens is 516 g/mol. The van der Waals surface area contributed by atoms with Crippen molar-refractivity contribution in [3.8, 4) is 5.69 Å². The molecular formula is C29H25BrN4O2. The summed E-state index contributed by atoms with van der Waals surface area (Å²) in [6.45, 7) is -0.000666. The van der Waals surface area contributed by atoms with Crippen LogP contribution in [0.4, 0.5) is 16.2 Å². The molecule has 1 aliphatic carbocycles. The van der Waals surface area contributed by atoms with Gasteiger partial charge >= 0.3 is 6.03 Å². The predicted octanol–water partition coefficient (Wildman–Crippen LogP) is 6.37. The molecule has 0 saturated heterocycles. The third-order valence-electron chi connectivity index (χ3n) is 6.77. The van der Waals surface area contributed by atoms with E-state index in [9.17, 15) is 9.59 Å². The van der Waals surface area contributed by atoms with Crippen molar-refractivity contribution in [2.75, 3.05) is 16.8 Å². The second-order valence-electron chi connectivity index (χ2n) is 9.14. The van der Waals surface area contributed by atoms with Gasteiger partial charge in [-0.05, 0) is 70.7 Å². The van der Waals surface area contributed by atoms with E-state index in [1.807, 2.05) is 83.9 Å². The number of urea groups is 1. The molecule has 6 rings (SSSR count). The fourth-order valence-corrected chi connectivity index (χ4v) is 5.32. The molecule has 0 radical (unpaired) electrons. The molecule has 180 valence electrons. The predicted molar refractivity (Wildman–Crippen MR) is 144 cm³/mol. The summed E-state index contributed by atoms with van der Waals surface area (Å²) in [5.41, 5.74) is 4.51. The van der Waals surface area contributed by atoms with Gasteiger partial charge in [-0.15, -0.1) is 0 Å². The van der Waals surface area contributed by atoms with Crippen molar-refractivity contribution in [2.24, 2.45) is 0 Å². The van der Waals surface area contributed by atoms with Gasteiger partial charge in [-0.1, -0.05) is 54.6 Å². The second-order valence-corrected chi connectivity index (χ2v) is 9.99. The highest BCUT2D eigenvalue weighted by Gasteiger charge is 2.40. The standard InChI is InChI=1S/C29H25BrN4O2/c30-22-11-4-5-12-23(22)31-29(36)33(21-16-17-21)19-27(35)34-25-14-7-6-13-24(25)32-18-8-15-26(32)28(34)20-9-2-1-3-10-20/h1-15,18,21,28H,16-17,19H2,(H,31,36). The number of carbonyl (C=O) groups excluding carboxylic acids is 2. The lowest BCUT2D eigenvalue weighted by atomic mass is 9.97. The molecule has 1 N–H and O–H groups in total. The highest BCUT2D eigenvalue weighted by Crippen LogP contribution is 2.42. The third kappa shape index (κ3) is 4.09. The number of rotatable bonds is 5. The average Bonchev–Trinajstić information content (AvgIpc) is 3.63. The summed E-state index contributed by atoms with van der Waals surface area (Å²) < 4.78 is 2.95. The molecule has 1 atom stereocenters. The van der Waals surface area contributed by atoms with Crippen LogP contribution in [0.3, 0.4) is 0 Å². The van der Waals surface area contributed by atoms with Crippen molar-refractivity contribution < 1.29 is 9.59 Å². The minimum Gasteiger partial charge on any atom is -0.316 e. The Morgan fingerprint density at radius 1 is 0.861 bits per heavy atom.